The summed E-state index contributed by atoms with van der Waals surface area (Å²) in [6.45, 7) is 4.38. The van der Waals surface area contributed by atoms with Crippen molar-refractivity contribution < 1.29 is 5.11 Å². The summed E-state index contributed by atoms with van der Waals surface area (Å²) in [4.78, 5) is 2.26. The predicted molar refractivity (Wildman–Crippen MR) is 78.8 cm³/mol. The van der Waals surface area contributed by atoms with Crippen molar-refractivity contribution in [1.29, 1.82) is 0 Å². The van der Waals surface area contributed by atoms with E-state index in [1.165, 1.54) is 24.1 Å². The van der Waals surface area contributed by atoms with Crippen molar-refractivity contribution in [2.24, 2.45) is 0 Å². The minimum Gasteiger partial charge on any atom is -0.388 e. The molecule has 3 nitrogen and oxygen atoms in total. The van der Waals surface area contributed by atoms with E-state index in [2.05, 4.69) is 16.3 Å². The van der Waals surface area contributed by atoms with Crippen LogP contribution in [0.15, 0.2) is 18.2 Å². The molecule has 0 amide bonds. The van der Waals surface area contributed by atoms with Crippen molar-refractivity contribution in [2.75, 3.05) is 18.0 Å². The van der Waals surface area contributed by atoms with E-state index in [0.717, 1.165) is 24.5 Å². The van der Waals surface area contributed by atoms with E-state index in [4.69, 9.17) is 11.6 Å². The third kappa shape index (κ3) is 3.22. The smallest absolute Gasteiger partial charge is 0.0810 e. The fourth-order valence-corrected chi connectivity index (χ4v) is 2.89. The quantitative estimate of drug-likeness (QED) is 0.890. The maximum absolute atomic E-state index is 10.1. The average Bonchev–Trinajstić information content (AvgIpc) is 3.10. The average molecular weight is 281 g/mol. The van der Waals surface area contributed by atoms with Gasteiger partial charge in [-0.2, -0.15) is 0 Å². The minimum atomic E-state index is -0.569. The van der Waals surface area contributed by atoms with Gasteiger partial charge in [-0.05, 0) is 49.9 Å². The molecule has 2 fully saturated rings. The zero-order chi connectivity index (χ0) is 13.5. The van der Waals surface area contributed by atoms with Gasteiger partial charge >= 0.3 is 0 Å². The van der Waals surface area contributed by atoms with Crippen LogP contribution in [0.1, 0.15) is 31.7 Å². The number of benzene rings is 1. The number of aliphatic hydroxyl groups is 1. The molecular formula is C15H21ClN2O. The summed E-state index contributed by atoms with van der Waals surface area (Å²) in [6.07, 6.45) is 3.40. The lowest BCUT2D eigenvalue weighted by Crippen LogP contribution is -2.30. The van der Waals surface area contributed by atoms with Crippen LogP contribution in [0, 0.1) is 0 Å². The molecule has 1 aromatic carbocycles. The molecule has 0 spiro atoms. The van der Waals surface area contributed by atoms with E-state index in [1.807, 2.05) is 19.1 Å². The number of rotatable bonds is 4. The van der Waals surface area contributed by atoms with Gasteiger partial charge in [-0.1, -0.05) is 11.6 Å². The van der Waals surface area contributed by atoms with E-state index in [1.54, 1.807) is 0 Å². The first-order chi connectivity index (χ1) is 9.03. The monoisotopic (exact) mass is 280 g/mol. The number of nitrogens with zero attached hydrogens (tertiary/aromatic N) is 1. The molecule has 3 rings (SSSR count). The molecule has 0 radical (unpaired) electrons. The molecule has 1 unspecified atom stereocenters. The van der Waals surface area contributed by atoms with E-state index in [0.29, 0.717) is 12.6 Å². The van der Waals surface area contributed by atoms with Gasteiger partial charge in [-0.3, -0.25) is 0 Å². The third-order valence-corrected chi connectivity index (χ3v) is 4.23. The minimum absolute atomic E-state index is 0.569. The first-order valence-corrected chi connectivity index (χ1v) is 7.40. The van der Waals surface area contributed by atoms with Crippen molar-refractivity contribution in [3.05, 3.63) is 28.8 Å². The highest BCUT2D eigenvalue weighted by Gasteiger charge is 2.32. The van der Waals surface area contributed by atoms with Gasteiger partial charge in [0, 0.05) is 36.4 Å². The Balaban J connectivity index is 1.78. The SMILES string of the molecule is CC1(O)CCN(c2ccc(Cl)cc2CNC2CC2)C1. The molecule has 4 heteroatoms. The first-order valence-electron chi connectivity index (χ1n) is 7.03. The fourth-order valence-electron chi connectivity index (χ4n) is 2.70. The lowest BCUT2D eigenvalue weighted by molar-refractivity contribution is 0.0839. The third-order valence-electron chi connectivity index (χ3n) is 3.99. The van der Waals surface area contributed by atoms with Crippen LogP contribution in [0.4, 0.5) is 5.69 Å². The van der Waals surface area contributed by atoms with Gasteiger partial charge in [0.2, 0.25) is 0 Å². The van der Waals surface area contributed by atoms with Gasteiger partial charge < -0.3 is 15.3 Å². The molecule has 1 atom stereocenters. The Labute approximate surface area is 119 Å². The van der Waals surface area contributed by atoms with Gasteiger partial charge in [-0.15, -0.1) is 0 Å². The van der Waals surface area contributed by atoms with Gasteiger partial charge in [0.05, 0.1) is 5.60 Å². The van der Waals surface area contributed by atoms with Crippen LogP contribution in [-0.2, 0) is 6.54 Å². The predicted octanol–water partition coefficient (Wildman–Crippen LogP) is 2.55. The van der Waals surface area contributed by atoms with Crippen molar-refractivity contribution >= 4 is 17.3 Å². The van der Waals surface area contributed by atoms with Crippen LogP contribution >= 0.6 is 11.6 Å². The molecule has 2 aliphatic rings. The van der Waals surface area contributed by atoms with E-state index >= 15 is 0 Å². The molecule has 1 aromatic rings. The Hall–Kier alpha value is -0.770. The number of anilines is 1. The Morgan fingerprint density at radius 2 is 2.26 bits per heavy atom. The molecule has 1 aliphatic heterocycles. The lowest BCUT2D eigenvalue weighted by atomic mass is 10.1. The van der Waals surface area contributed by atoms with Crippen molar-refractivity contribution in [1.82, 2.24) is 5.32 Å². The van der Waals surface area contributed by atoms with Crippen molar-refractivity contribution in [3.63, 3.8) is 0 Å². The molecule has 1 aliphatic carbocycles. The number of β-amino-alcohol motifs (C(OH)–C–C–N with tert-alkyl or cyclic N) is 1. The van der Waals surface area contributed by atoms with Crippen LogP contribution in [0.2, 0.25) is 5.02 Å². The molecular weight excluding hydrogens is 260 g/mol. The normalized spacial score (nSPS) is 27.0. The maximum Gasteiger partial charge on any atom is 0.0810 e. The number of hydrogen-bond acceptors (Lipinski definition) is 3. The van der Waals surface area contributed by atoms with Gasteiger partial charge in [0.25, 0.3) is 0 Å². The Bertz CT molecular complexity index is 471. The highest BCUT2D eigenvalue weighted by molar-refractivity contribution is 6.30. The second-order valence-corrected chi connectivity index (χ2v) is 6.53. The fraction of sp³-hybridized carbons (Fsp3) is 0.600. The summed E-state index contributed by atoms with van der Waals surface area (Å²) in [7, 11) is 0. The molecule has 104 valence electrons. The summed E-state index contributed by atoms with van der Waals surface area (Å²) in [5.41, 5.74) is 1.87. The van der Waals surface area contributed by atoms with Crippen molar-refractivity contribution in [3.8, 4) is 0 Å². The number of hydrogen-bond donors (Lipinski definition) is 2. The van der Waals surface area contributed by atoms with Crippen LogP contribution in [-0.4, -0.2) is 29.8 Å². The summed E-state index contributed by atoms with van der Waals surface area (Å²) < 4.78 is 0. The summed E-state index contributed by atoms with van der Waals surface area (Å²) in [5.74, 6) is 0. The van der Waals surface area contributed by atoms with Gasteiger partial charge in [-0.25, -0.2) is 0 Å². The molecule has 1 saturated carbocycles. The Morgan fingerprint density at radius 1 is 1.47 bits per heavy atom. The second-order valence-electron chi connectivity index (χ2n) is 6.10. The van der Waals surface area contributed by atoms with E-state index in [-0.39, 0.29) is 0 Å². The zero-order valence-corrected chi connectivity index (χ0v) is 12.1. The molecule has 2 N–H and O–H groups in total. The summed E-state index contributed by atoms with van der Waals surface area (Å²) in [6, 6.07) is 6.74. The standard InChI is InChI=1S/C15H21ClN2O/c1-15(19)6-7-18(10-15)14-5-2-12(16)8-11(14)9-17-13-3-4-13/h2,5,8,13,17,19H,3-4,6-7,9-10H2,1H3. The second kappa shape index (κ2) is 4.97. The van der Waals surface area contributed by atoms with E-state index in [9.17, 15) is 5.11 Å². The molecule has 19 heavy (non-hydrogen) atoms. The van der Waals surface area contributed by atoms with Crippen LogP contribution in [0.3, 0.4) is 0 Å². The largest absolute Gasteiger partial charge is 0.388 e. The zero-order valence-electron chi connectivity index (χ0n) is 11.3. The summed E-state index contributed by atoms with van der Waals surface area (Å²) in [5, 5.41) is 14.4. The summed E-state index contributed by atoms with van der Waals surface area (Å²) >= 11 is 6.11. The topological polar surface area (TPSA) is 35.5 Å². The molecule has 0 aromatic heterocycles. The Kier molecular flexibility index (Phi) is 3.46. The lowest BCUT2D eigenvalue weighted by Gasteiger charge is -2.24. The van der Waals surface area contributed by atoms with Crippen molar-refractivity contribution in [2.45, 2.75) is 44.4 Å². The highest BCUT2D eigenvalue weighted by atomic mass is 35.5. The number of nitrogens with one attached hydrogen (secondary N) is 1. The molecule has 1 saturated heterocycles. The van der Waals surface area contributed by atoms with Gasteiger partial charge in [0.1, 0.15) is 0 Å². The first kappa shape index (κ1) is 13.2. The van der Waals surface area contributed by atoms with Crippen LogP contribution in [0.25, 0.3) is 0 Å². The maximum atomic E-state index is 10.1. The number of halogens is 1. The highest BCUT2D eigenvalue weighted by Crippen LogP contribution is 2.31. The Morgan fingerprint density at radius 3 is 2.89 bits per heavy atom. The van der Waals surface area contributed by atoms with E-state index < -0.39 is 5.60 Å². The van der Waals surface area contributed by atoms with Gasteiger partial charge in [0.15, 0.2) is 0 Å². The van der Waals surface area contributed by atoms with Crippen LogP contribution in [0.5, 0.6) is 0 Å². The molecule has 1 heterocycles. The van der Waals surface area contributed by atoms with Crippen LogP contribution < -0.4 is 10.2 Å². The molecule has 0 bridgehead atoms.